The van der Waals surface area contributed by atoms with Gasteiger partial charge in [0.15, 0.2) is 0 Å². The Balaban J connectivity index is 0.000000980. The average molecular weight is 211 g/mol. The molecule has 1 aliphatic heterocycles. The van der Waals surface area contributed by atoms with Crippen LogP contribution >= 0.6 is 12.4 Å². The van der Waals surface area contributed by atoms with Gasteiger partial charge in [-0.2, -0.15) is 5.26 Å². The molecule has 0 saturated heterocycles. The summed E-state index contributed by atoms with van der Waals surface area (Å²) in [6.45, 7) is 0.568. The molecule has 1 unspecified atom stereocenters. The van der Waals surface area contributed by atoms with E-state index in [9.17, 15) is 0 Å². The zero-order chi connectivity index (χ0) is 9.26. The van der Waals surface area contributed by atoms with Gasteiger partial charge in [-0.1, -0.05) is 0 Å². The van der Waals surface area contributed by atoms with E-state index in [1.807, 2.05) is 12.1 Å². The highest BCUT2D eigenvalue weighted by Gasteiger charge is 2.16. The number of rotatable bonds is 0. The summed E-state index contributed by atoms with van der Waals surface area (Å²) in [5, 5.41) is 8.68. The minimum absolute atomic E-state index is 0. The molecule has 0 amide bonds. The summed E-state index contributed by atoms with van der Waals surface area (Å²) in [4.78, 5) is 0. The molecule has 2 rings (SSSR count). The molecular weight excluding hydrogens is 200 g/mol. The molecular formula is C10H11ClN2O. The zero-order valence-electron chi connectivity index (χ0n) is 7.56. The Morgan fingerprint density at radius 1 is 1.50 bits per heavy atom. The first-order valence-corrected chi connectivity index (χ1v) is 4.21. The Labute approximate surface area is 88.9 Å². The maximum Gasteiger partial charge on any atom is 0.122 e. The molecule has 0 aromatic heterocycles. The SMILES string of the molecule is Cl.N#Cc1ccc2c(c1)CC(N)CO2. The predicted molar refractivity (Wildman–Crippen MR) is 55.6 cm³/mol. The lowest BCUT2D eigenvalue weighted by atomic mass is 10.0. The minimum Gasteiger partial charge on any atom is -0.492 e. The topological polar surface area (TPSA) is 59.0 Å². The van der Waals surface area contributed by atoms with Crippen molar-refractivity contribution in [3.05, 3.63) is 29.3 Å². The molecule has 0 fully saturated rings. The number of ether oxygens (including phenoxy) is 1. The van der Waals surface area contributed by atoms with E-state index in [0.717, 1.165) is 17.7 Å². The molecule has 14 heavy (non-hydrogen) atoms. The standard InChI is InChI=1S/C10H10N2O.ClH/c11-5-7-1-2-10-8(3-7)4-9(12)6-13-10;/h1-3,9H,4,6,12H2;1H. The second-order valence-electron chi connectivity index (χ2n) is 3.21. The van der Waals surface area contributed by atoms with Gasteiger partial charge in [-0.3, -0.25) is 0 Å². The summed E-state index contributed by atoms with van der Waals surface area (Å²) >= 11 is 0. The van der Waals surface area contributed by atoms with Crippen LogP contribution in [0.2, 0.25) is 0 Å². The average Bonchev–Trinajstić information content (AvgIpc) is 2.16. The molecule has 74 valence electrons. The maximum atomic E-state index is 8.68. The van der Waals surface area contributed by atoms with E-state index in [0.29, 0.717) is 12.2 Å². The lowest BCUT2D eigenvalue weighted by molar-refractivity contribution is 0.263. The number of hydrogen-bond donors (Lipinski definition) is 1. The third-order valence-corrected chi connectivity index (χ3v) is 2.12. The van der Waals surface area contributed by atoms with E-state index >= 15 is 0 Å². The third-order valence-electron chi connectivity index (χ3n) is 2.12. The van der Waals surface area contributed by atoms with Crippen molar-refractivity contribution in [2.24, 2.45) is 5.73 Å². The lowest BCUT2D eigenvalue weighted by Gasteiger charge is -2.22. The van der Waals surface area contributed by atoms with Crippen LogP contribution in [0.1, 0.15) is 11.1 Å². The number of halogens is 1. The summed E-state index contributed by atoms with van der Waals surface area (Å²) in [7, 11) is 0. The number of nitrogens with two attached hydrogens (primary N) is 1. The zero-order valence-corrected chi connectivity index (χ0v) is 8.38. The van der Waals surface area contributed by atoms with Gasteiger partial charge in [0.05, 0.1) is 11.6 Å². The van der Waals surface area contributed by atoms with Crippen molar-refractivity contribution in [3.8, 4) is 11.8 Å². The Bertz CT molecular complexity index is 373. The molecule has 1 aromatic carbocycles. The molecule has 3 nitrogen and oxygen atoms in total. The highest BCUT2D eigenvalue weighted by Crippen LogP contribution is 2.24. The first kappa shape index (κ1) is 10.8. The highest BCUT2D eigenvalue weighted by molar-refractivity contribution is 5.85. The molecule has 1 aromatic rings. The van der Waals surface area contributed by atoms with E-state index in [2.05, 4.69) is 6.07 Å². The number of benzene rings is 1. The van der Waals surface area contributed by atoms with Gasteiger partial charge in [-0.25, -0.2) is 0 Å². The summed E-state index contributed by atoms with van der Waals surface area (Å²) in [6, 6.07) is 7.59. The van der Waals surface area contributed by atoms with E-state index in [4.69, 9.17) is 15.7 Å². The van der Waals surface area contributed by atoms with E-state index < -0.39 is 0 Å². The molecule has 0 spiro atoms. The molecule has 4 heteroatoms. The fraction of sp³-hybridized carbons (Fsp3) is 0.300. The fourth-order valence-electron chi connectivity index (χ4n) is 1.49. The molecule has 1 aliphatic rings. The smallest absolute Gasteiger partial charge is 0.122 e. The van der Waals surface area contributed by atoms with Crippen LogP contribution in [0.5, 0.6) is 5.75 Å². The van der Waals surface area contributed by atoms with Crippen LogP contribution in [-0.4, -0.2) is 12.6 Å². The molecule has 2 N–H and O–H groups in total. The first-order chi connectivity index (χ1) is 6.29. The van der Waals surface area contributed by atoms with Gasteiger partial charge in [-0.15, -0.1) is 12.4 Å². The first-order valence-electron chi connectivity index (χ1n) is 4.21. The van der Waals surface area contributed by atoms with Crippen molar-refractivity contribution in [2.45, 2.75) is 12.5 Å². The monoisotopic (exact) mass is 210 g/mol. The van der Waals surface area contributed by atoms with Crippen molar-refractivity contribution < 1.29 is 4.74 Å². The summed E-state index contributed by atoms with van der Waals surface area (Å²) in [5.41, 5.74) is 7.44. The van der Waals surface area contributed by atoms with E-state index in [-0.39, 0.29) is 18.4 Å². The molecule has 0 bridgehead atoms. The second-order valence-corrected chi connectivity index (χ2v) is 3.21. The number of fused-ring (bicyclic) bond motifs is 1. The predicted octanol–water partition coefficient (Wildman–Crippen LogP) is 1.24. The van der Waals surface area contributed by atoms with Gasteiger partial charge >= 0.3 is 0 Å². The van der Waals surface area contributed by atoms with Gasteiger partial charge < -0.3 is 10.5 Å². The number of hydrogen-bond acceptors (Lipinski definition) is 3. The van der Waals surface area contributed by atoms with Crippen molar-refractivity contribution in [1.29, 1.82) is 5.26 Å². The van der Waals surface area contributed by atoms with Crippen LogP contribution in [0.4, 0.5) is 0 Å². The van der Waals surface area contributed by atoms with Crippen molar-refractivity contribution in [3.63, 3.8) is 0 Å². The summed E-state index contributed by atoms with van der Waals surface area (Å²) in [5.74, 6) is 0.862. The quantitative estimate of drug-likeness (QED) is 0.701. The van der Waals surface area contributed by atoms with Gasteiger partial charge in [0, 0.05) is 6.04 Å². The number of nitriles is 1. The summed E-state index contributed by atoms with van der Waals surface area (Å²) < 4.78 is 5.40. The molecule has 0 saturated carbocycles. The van der Waals surface area contributed by atoms with Crippen molar-refractivity contribution >= 4 is 12.4 Å². The normalized spacial score (nSPS) is 18.4. The van der Waals surface area contributed by atoms with Crippen LogP contribution in [0.25, 0.3) is 0 Å². The van der Waals surface area contributed by atoms with Crippen LogP contribution in [0.15, 0.2) is 18.2 Å². The van der Waals surface area contributed by atoms with Crippen molar-refractivity contribution in [1.82, 2.24) is 0 Å². The fourth-order valence-corrected chi connectivity index (χ4v) is 1.49. The Morgan fingerprint density at radius 3 is 3.00 bits per heavy atom. The van der Waals surface area contributed by atoms with E-state index in [1.54, 1.807) is 6.07 Å². The van der Waals surface area contributed by atoms with Gasteiger partial charge in [-0.05, 0) is 30.2 Å². The lowest BCUT2D eigenvalue weighted by Crippen LogP contribution is -2.33. The van der Waals surface area contributed by atoms with Crippen LogP contribution in [0, 0.1) is 11.3 Å². The van der Waals surface area contributed by atoms with Gasteiger partial charge in [0.1, 0.15) is 12.4 Å². The number of nitrogens with zero attached hydrogens (tertiary/aromatic N) is 1. The van der Waals surface area contributed by atoms with Crippen LogP contribution in [0.3, 0.4) is 0 Å². The Kier molecular flexibility index (Phi) is 3.34. The minimum atomic E-state index is 0. The highest BCUT2D eigenvalue weighted by atomic mass is 35.5. The molecule has 0 aliphatic carbocycles. The van der Waals surface area contributed by atoms with Gasteiger partial charge in [0.25, 0.3) is 0 Å². The second kappa shape index (κ2) is 4.32. The molecule has 1 heterocycles. The van der Waals surface area contributed by atoms with E-state index in [1.165, 1.54) is 0 Å². The van der Waals surface area contributed by atoms with Crippen molar-refractivity contribution in [2.75, 3.05) is 6.61 Å². The van der Waals surface area contributed by atoms with Crippen LogP contribution in [-0.2, 0) is 6.42 Å². The Hall–Kier alpha value is -1.24. The molecule has 0 radical (unpaired) electrons. The molecule has 1 atom stereocenters. The maximum absolute atomic E-state index is 8.68. The third kappa shape index (κ3) is 1.98. The Morgan fingerprint density at radius 2 is 2.29 bits per heavy atom. The van der Waals surface area contributed by atoms with Gasteiger partial charge in [0.2, 0.25) is 0 Å². The summed E-state index contributed by atoms with van der Waals surface area (Å²) in [6.07, 6.45) is 0.796. The van der Waals surface area contributed by atoms with Crippen LogP contribution < -0.4 is 10.5 Å². The largest absolute Gasteiger partial charge is 0.492 e.